The summed E-state index contributed by atoms with van der Waals surface area (Å²) in [6.07, 6.45) is 0. The first kappa shape index (κ1) is 19.7. The average molecular weight is 367 g/mol. The van der Waals surface area contributed by atoms with Gasteiger partial charge in [0.05, 0.1) is 26.5 Å². The van der Waals surface area contributed by atoms with Crippen molar-refractivity contribution in [3.05, 3.63) is 48.0 Å². The summed E-state index contributed by atoms with van der Waals surface area (Å²) >= 11 is 0. The molecule has 7 heteroatoms. The summed E-state index contributed by atoms with van der Waals surface area (Å²) in [5, 5.41) is 8.03. The number of carbonyl (C=O) groups excluding carboxylic acids is 2. The van der Waals surface area contributed by atoms with Crippen LogP contribution in [-0.4, -0.2) is 32.7 Å². The van der Waals surface area contributed by atoms with Gasteiger partial charge in [-0.15, -0.1) is 0 Å². The van der Waals surface area contributed by atoms with Crippen molar-refractivity contribution >= 4 is 23.3 Å². The van der Waals surface area contributed by atoms with Gasteiger partial charge in [-0.05, 0) is 36.4 Å². The zero-order valence-electron chi connectivity index (χ0n) is 15.4. The zero-order chi connectivity index (χ0) is 19.6. The molecular weight excluding hydrogens is 346 g/mol. The van der Waals surface area contributed by atoms with Crippen LogP contribution in [-0.2, 0) is 4.79 Å². The number of rotatable bonds is 5. The maximum absolute atomic E-state index is 12.0. The van der Waals surface area contributed by atoms with E-state index in [2.05, 4.69) is 27.8 Å². The van der Waals surface area contributed by atoms with Gasteiger partial charge in [-0.2, -0.15) is 0 Å². The van der Waals surface area contributed by atoms with E-state index in [1.165, 1.54) is 14.0 Å². The molecule has 7 nitrogen and oxygen atoms in total. The summed E-state index contributed by atoms with van der Waals surface area (Å²) < 4.78 is 10.3. The Hall–Kier alpha value is -3.66. The first-order valence-electron chi connectivity index (χ1n) is 8.15. The highest BCUT2D eigenvalue weighted by molar-refractivity contribution is 5.91. The van der Waals surface area contributed by atoms with Gasteiger partial charge in [-0.25, -0.2) is 4.79 Å². The Morgan fingerprint density at radius 3 is 2.37 bits per heavy atom. The van der Waals surface area contributed by atoms with Crippen molar-refractivity contribution in [1.82, 2.24) is 5.32 Å². The molecule has 27 heavy (non-hydrogen) atoms. The summed E-state index contributed by atoms with van der Waals surface area (Å²) in [5.74, 6) is 6.80. The molecular formula is C20H21N3O4. The highest BCUT2D eigenvalue weighted by atomic mass is 16.5. The number of carbonyl (C=O) groups is 2. The molecule has 3 amide bonds. The summed E-state index contributed by atoms with van der Waals surface area (Å²) in [5.41, 5.74) is 2.01. The van der Waals surface area contributed by atoms with Crippen LogP contribution in [0, 0.1) is 11.8 Å². The van der Waals surface area contributed by atoms with Gasteiger partial charge < -0.3 is 25.4 Å². The smallest absolute Gasteiger partial charge is 0.320 e. The standard InChI is InChI=1S/C20H21N3O4/c1-14(24)22-16-8-6-15(7-9-16)5-4-12-21-20(25)23-18-11-10-17(26-2)13-19(18)27-3/h6-11,13H,12H2,1-3H3,(H,22,24)(H2,21,23,25). The molecule has 0 saturated heterocycles. The second kappa shape index (κ2) is 9.73. The molecule has 0 saturated carbocycles. The van der Waals surface area contributed by atoms with E-state index in [4.69, 9.17) is 9.47 Å². The number of nitrogens with one attached hydrogen (secondary N) is 3. The van der Waals surface area contributed by atoms with Crippen LogP contribution >= 0.6 is 0 Å². The number of hydrogen-bond donors (Lipinski definition) is 3. The van der Waals surface area contributed by atoms with E-state index in [1.54, 1.807) is 49.6 Å². The molecule has 0 radical (unpaired) electrons. The highest BCUT2D eigenvalue weighted by Crippen LogP contribution is 2.28. The van der Waals surface area contributed by atoms with E-state index in [9.17, 15) is 9.59 Å². The minimum absolute atomic E-state index is 0.127. The highest BCUT2D eigenvalue weighted by Gasteiger charge is 2.07. The van der Waals surface area contributed by atoms with Crippen molar-refractivity contribution in [2.45, 2.75) is 6.92 Å². The lowest BCUT2D eigenvalue weighted by Crippen LogP contribution is -2.29. The molecule has 0 aromatic heterocycles. The predicted octanol–water partition coefficient (Wildman–Crippen LogP) is 2.84. The lowest BCUT2D eigenvalue weighted by atomic mass is 10.2. The predicted molar refractivity (Wildman–Crippen MR) is 104 cm³/mol. The Morgan fingerprint density at radius 2 is 1.74 bits per heavy atom. The fraction of sp³-hybridized carbons (Fsp3) is 0.200. The van der Waals surface area contributed by atoms with Crippen molar-refractivity contribution in [2.24, 2.45) is 0 Å². The molecule has 0 bridgehead atoms. The lowest BCUT2D eigenvalue weighted by Gasteiger charge is -2.11. The fourth-order valence-corrected chi connectivity index (χ4v) is 2.18. The molecule has 0 spiro atoms. The quantitative estimate of drug-likeness (QED) is 0.709. The number of hydrogen-bond acceptors (Lipinski definition) is 4. The molecule has 0 fully saturated rings. The number of amides is 3. The normalized spacial score (nSPS) is 9.44. The van der Waals surface area contributed by atoms with Crippen molar-refractivity contribution in [2.75, 3.05) is 31.4 Å². The minimum atomic E-state index is -0.395. The van der Waals surface area contributed by atoms with Crippen molar-refractivity contribution in [3.8, 4) is 23.3 Å². The molecule has 0 unspecified atom stereocenters. The molecule has 0 aliphatic rings. The van der Waals surface area contributed by atoms with Gasteiger partial charge in [-0.1, -0.05) is 11.8 Å². The van der Waals surface area contributed by atoms with Crippen LogP contribution in [0.2, 0.25) is 0 Å². The molecule has 0 aliphatic carbocycles. The van der Waals surface area contributed by atoms with E-state index in [1.807, 2.05) is 0 Å². The van der Waals surface area contributed by atoms with Gasteiger partial charge in [0.2, 0.25) is 5.91 Å². The Kier molecular flexibility index (Phi) is 7.08. The number of anilines is 2. The topological polar surface area (TPSA) is 88.7 Å². The summed E-state index contributed by atoms with van der Waals surface area (Å²) in [6.45, 7) is 1.63. The van der Waals surface area contributed by atoms with Gasteiger partial charge in [0.15, 0.2) is 0 Å². The van der Waals surface area contributed by atoms with E-state index in [-0.39, 0.29) is 12.5 Å². The maximum Gasteiger partial charge on any atom is 0.320 e. The van der Waals surface area contributed by atoms with Crippen LogP contribution in [0.3, 0.4) is 0 Å². The Morgan fingerprint density at radius 1 is 1.00 bits per heavy atom. The van der Waals surface area contributed by atoms with Gasteiger partial charge >= 0.3 is 6.03 Å². The van der Waals surface area contributed by atoms with Gasteiger partial charge in [-0.3, -0.25) is 4.79 Å². The van der Waals surface area contributed by atoms with Gasteiger partial charge in [0.1, 0.15) is 11.5 Å². The Labute approximate surface area is 158 Å². The lowest BCUT2D eigenvalue weighted by molar-refractivity contribution is -0.114. The molecule has 0 aliphatic heterocycles. The summed E-state index contributed by atoms with van der Waals surface area (Å²) in [7, 11) is 3.07. The number of methoxy groups -OCH3 is 2. The molecule has 140 valence electrons. The SMILES string of the molecule is COc1ccc(NC(=O)NCC#Cc2ccc(NC(C)=O)cc2)c(OC)c1. The van der Waals surface area contributed by atoms with Crippen LogP contribution in [0.5, 0.6) is 11.5 Å². The van der Waals surface area contributed by atoms with Crippen molar-refractivity contribution < 1.29 is 19.1 Å². The number of ether oxygens (including phenoxy) is 2. The van der Waals surface area contributed by atoms with Gasteiger partial charge in [0, 0.05) is 24.2 Å². The number of benzene rings is 2. The van der Waals surface area contributed by atoms with Crippen molar-refractivity contribution in [3.63, 3.8) is 0 Å². The second-order valence-corrected chi connectivity index (χ2v) is 5.43. The Balaban J connectivity index is 1.86. The van der Waals surface area contributed by atoms with Crippen LogP contribution < -0.4 is 25.4 Å². The third-order valence-electron chi connectivity index (χ3n) is 3.43. The fourth-order valence-electron chi connectivity index (χ4n) is 2.18. The van der Waals surface area contributed by atoms with E-state index in [0.29, 0.717) is 22.9 Å². The van der Waals surface area contributed by atoms with Crippen LogP contribution in [0.1, 0.15) is 12.5 Å². The molecule has 0 atom stereocenters. The average Bonchev–Trinajstić information content (AvgIpc) is 2.66. The number of urea groups is 1. The molecule has 2 aromatic rings. The van der Waals surface area contributed by atoms with Crippen LogP contribution in [0.25, 0.3) is 0 Å². The van der Waals surface area contributed by atoms with E-state index < -0.39 is 6.03 Å². The summed E-state index contributed by atoms with van der Waals surface area (Å²) in [6, 6.07) is 11.8. The van der Waals surface area contributed by atoms with Crippen molar-refractivity contribution in [1.29, 1.82) is 0 Å². The summed E-state index contributed by atoms with van der Waals surface area (Å²) in [4.78, 5) is 23.0. The third-order valence-corrected chi connectivity index (χ3v) is 3.43. The second-order valence-electron chi connectivity index (χ2n) is 5.43. The maximum atomic E-state index is 12.0. The third kappa shape index (κ3) is 6.29. The molecule has 3 N–H and O–H groups in total. The first-order valence-corrected chi connectivity index (χ1v) is 8.15. The first-order chi connectivity index (χ1) is 13.0. The van der Waals surface area contributed by atoms with E-state index >= 15 is 0 Å². The molecule has 2 aromatic carbocycles. The van der Waals surface area contributed by atoms with Crippen LogP contribution in [0.15, 0.2) is 42.5 Å². The largest absolute Gasteiger partial charge is 0.497 e. The van der Waals surface area contributed by atoms with Crippen LogP contribution in [0.4, 0.5) is 16.2 Å². The zero-order valence-corrected chi connectivity index (χ0v) is 15.4. The van der Waals surface area contributed by atoms with E-state index in [0.717, 1.165) is 5.56 Å². The Bertz CT molecular complexity index is 867. The molecule has 2 rings (SSSR count). The molecule has 0 heterocycles. The van der Waals surface area contributed by atoms with Gasteiger partial charge in [0.25, 0.3) is 0 Å². The minimum Gasteiger partial charge on any atom is -0.497 e. The monoisotopic (exact) mass is 367 g/mol.